The molecule has 2 heterocycles. The smallest absolute Gasteiger partial charge is 0.105 e. The van der Waals surface area contributed by atoms with Gasteiger partial charge in [0.1, 0.15) is 5.82 Å². The molecule has 2 unspecified atom stereocenters. The first-order chi connectivity index (χ1) is 8.56. The molecule has 18 heavy (non-hydrogen) atoms. The quantitative estimate of drug-likeness (QED) is 0.872. The number of rotatable bonds is 5. The normalized spacial score (nSPS) is 24.1. The Morgan fingerprint density at radius 1 is 1.50 bits per heavy atom. The molecule has 0 aliphatic carbocycles. The lowest BCUT2D eigenvalue weighted by molar-refractivity contribution is 0.0449. The lowest BCUT2D eigenvalue weighted by atomic mass is 10.2. The summed E-state index contributed by atoms with van der Waals surface area (Å²) in [6.45, 7) is 10.4. The molecule has 2 rings (SSSR count). The molecule has 1 aliphatic heterocycles. The molecule has 1 fully saturated rings. The van der Waals surface area contributed by atoms with E-state index in [2.05, 4.69) is 42.6 Å². The van der Waals surface area contributed by atoms with Crippen molar-refractivity contribution in [2.45, 2.75) is 71.9 Å². The van der Waals surface area contributed by atoms with Crippen LogP contribution in [0.25, 0.3) is 0 Å². The standard InChI is InChI=1S/C14H25N3O/c1-10(2)15-7-13-8-16-12(4)17(13)9-14-6-5-11(3)18-14/h8,10-11,14-15H,5-7,9H2,1-4H3. The molecule has 0 bridgehead atoms. The molecule has 1 aromatic heterocycles. The van der Waals surface area contributed by atoms with Gasteiger partial charge in [-0.05, 0) is 26.7 Å². The molecular formula is C14H25N3O. The summed E-state index contributed by atoms with van der Waals surface area (Å²) in [5.41, 5.74) is 1.25. The minimum Gasteiger partial charge on any atom is -0.373 e. The van der Waals surface area contributed by atoms with Gasteiger partial charge in [-0.1, -0.05) is 13.8 Å². The first kappa shape index (κ1) is 13.6. The van der Waals surface area contributed by atoms with Crippen LogP contribution in [0.15, 0.2) is 6.20 Å². The van der Waals surface area contributed by atoms with Gasteiger partial charge < -0.3 is 14.6 Å². The van der Waals surface area contributed by atoms with Crippen molar-refractivity contribution in [3.63, 3.8) is 0 Å². The van der Waals surface area contributed by atoms with Crippen LogP contribution in [-0.4, -0.2) is 27.8 Å². The van der Waals surface area contributed by atoms with Crippen molar-refractivity contribution < 1.29 is 4.74 Å². The van der Waals surface area contributed by atoms with Crippen molar-refractivity contribution in [2.24, 2.45) is 0 Å². The van der Waals surface area contributed by atoms with E-state index >= 15 is 0 Å². The van der Waals surface area contributed by atoms with Crippen LogP contribution in [0.1, 0.15) is 45.1 Å². The largest absolute Gasteiger partial charge is 0.373 e. The van der Waals surface area contributed by atoms with E-state index in [0.717, 1.165) is 25.3 Å². The van der Waals surface area contributed by atoms with Crippen molar-refractivity contribution in [3.05, 3.63) is 17.7 Å². The van der Waals surface area contributed by atoms with E-state index in [0.29, 0.717) is 18.2 Å². The molecular weight excluding hydrogens is 226 g/mol. The number of imidazole rings is 1. The van der Waals surface area contributed by atoms with E-state index in [9.17, 15) is 0 Å². The molecule has 0 spiro atoms. The Kier molecular flexibility index (Phi) is 4.40. The van der Waals surface area contributed by atoms with Gasteiger partial charge in [0.15, 0.2) is 0 Å². The summed E-state index contributed by atoms with van der Waals surface area (Å²) in [5, 5.41) is 3.45. The summed E-state index contributed by atoms with van der Waals surface area (Å²) in [6, 6.07) is 0.497. The number of nitrogens with zero attached hydrogens (tertiary/aromatic N) is 2. The monoisotopic (exact) mass is 251 g/mol. The molecule has 0 radical (unpaired) electrons. The second-order valence-corrected chi connectivity index (χ2v) is 5.59. The zero-order chi connectivity index (χ0) is 13.1. The second kappa shape index (κ2) is 5.85. The zero-order valence-electron chi connectivity index (χ0n) is 11.9. The SMILES string of the molecule is Cc1ncc(CNC(C)C)n1CC1CCC(C)O1. The fourth-order valence-corrected chi connectivity index (χ4v) is 2.44. The lowest BCUT2D eigenvalue weighted by Crippen LogP contribution is -2.25. The Morgan fingerprint density at radius 3 is 2.89 bits per heavy atom. The summed E-state index contributed by atoms with van der Waals surface area (Å²) >= 11 is 0. The van der Waals surface area contributed by atoms with E-state index in [1.54, 1.807) is 0 Å². The third-order valence-corrected chi connectivity index (χ3v) is 3.54. The van der Waals surface area contributed by atoms with Crippen LogP contribution >= 0.6 is 0 Å². The zero-order valence-corrected chi connectivity index (χ0v) is 11.9. The average Bonchev–Trinajstić information content (AvgIpc) is 2.85. The Balaban J connectivity index is 2.00. The van der Waals surface area contributed by atoms with E-state index in [4.69, 9.17) is 4.74 Å². The fraction of sp³-hybridized carbons (Fsp3) is 0.786. The topological polar surface area (TPSA) is 39.1 Å². The van der Waals surface area contributed by atoms with Gasteiger partial charge in [0.2, 0.25) is 0 Å². The maximum absolute atomic E-state index is 5.90. The predicted molar refractivity (Wildman–Crippen MR) is 72.5 cm³/mol. The van der Waals surface area contributed by atoms with Gasteiger partial charge in [-0.25, -0.2) is 4.98 Å². The Hall–Kier alpha value is -0.870. The van der Waals surface area contributed by atoms with Gasteiger partial charge in [0, 0.05) is 18.8 Å². The molecule has 2 atom stereocenters. The lowest BCUT2D eigenvalue weighted by Gasteiger charge is -2.17. The summed E-state index contributed by atoms with van der Waals surface area (Å²) in [5.74, 6) is 1.08. The molecule has 1 N–H and O–H groups in total. The molecule has 0 amide bonds. The van der Waals surface area contributed by atoms with Crippen molar-refractivity contribution in [3.8, 4) is 0 Å². The highest BCUT2D eigenvalue weighted by Crippen LogP contribution is 2.21. The van der Waals surface area contributed by atoms with Crippen LogP contribution in [0.5, 0.6) is 0 Å². The van der Waals surface area contributed by atoms with Crippen molar-refractivity contribution >= 4 is 0 Å². The van der Waals surface area contributed by atoms with Crippen molar-refractivity contribution in [2.75, 3.05) is 0 Å². The maximum atomic E-state index is 5.90. The molecule has 102 valence electrons. The minimum atomic E-state index is 0.352. The van der Waals surface area contributed by atoms with Crippen molar-refractivity contribution in [1.29, 1.82) is 0 Å². The average molecular weight is 251 g/mol. The molecule has 4 nitrogen and oxygen atoms in total. The molecule has 0 aromatic carbocycles. The Labute approximate surface area is 110 Å². The van der Waals surface area contributed by atoms with Crippen LogP contribution in [0.3, 0.4) is 0 Å². The highest BCUT2D eigenvalue weighted by Gasteiger charge is 2.23. The van der Waals surface area contributed by atoms with Crippen molar-refractivity contribution in [1.82, 2.24) is 14.9 Å². The van der Waals surface area contributed by atoms with Crippen LogP contribution in [-0.2, 0) is 17.8 Å². The number of ether oxygens (including phenoxy) is 1. The van der Waals surface area contributed by atoms with E-state index in [1.807, 2.05) is 6.20 Å². The Morgan fingerprint density at radius 2 is 2.28 bits per heavy atom. The molecule has 1 aromatic rings. The van der Waals surface area contributed by atoms with Crippen LogP contribution in [0.2, 0.25) is 0 Å². The second-order valence-electron chi connectivity index (χ2n) is 5.59. The van der Waals surface area contributed by atoms with E-state index < -0.39 is 0 Å². The number of aromatic nitrogens is 2. The maximum Gasteiger partial charge on any atom is 0.105 e. The Bertz CT molecular complexity index is 386. The van der Waals surface area contributed by atoms with Crippen LogP contribution in [0, 0.1) is 6.92 Å². The summed E-state index contributed by atoms with van der Waals surface area (Å²) < 4.78 is 8.19. The number of nitrogens with one attached hydrogen (secondary N) is 1. The van der Waals surface area contributed by atoms with Gasteiger partial charge in [-0.3, -0.25) is 0 Å². The molecule has 0 saturated carbocycles. The highest BCUT2D eigenvalue weighted by molar-refractivity contribution is 5.05. The van der Waals surface area contributed by atoms with Gasteiger partial charge in [-0.2, -0.15) is 0 Å². The number of hydrogen-bond donors (Lipinski definition) is 1. The number of aryl methyl sites for hydroxylation is 1. The number of hydrogen-bond acceptors (Lipinski definition) is 3. The van der Waals surface area contributed by atoms with Crippen LogP contribution in [0.4, 0.5) is 0 Å². The third kappa shape index (κ3) is 3.33. The first-order valence-corrected chi connectivity index (χ1v) is 6.96. The van der Waals surface area contributed by atoms with Gasteiger partial charge in [-0.15, -0.1) is 0 Å². The molecule has 1 saturated heterocycles. The third-order valence-electron chi connectivity index (χ3n) is 3.54. The van der Waals surface area contributed by atoms with Gasteiger partial charge in [0.05, 0.1) is 24.4 Å². The summed E-state index contributed by atoms with van der Waals surface area (Å²) in [4.78, 5) is 4.42. The van der Waals surface area contributed by atoms with E-state index in [-0.39, 0.29) is 0 Å². The fourth-order valence-electron chi connectivity index (χ4n) is 2.44. The van der Waals surface area contributed by atoms with Gasteiger partial charge in [0.25, 0.3) is 0 Å². The van der Waals surface area contributed by atoms with Gasteiger partial charge >= 0.3 is 0 Å². The highest BCUT2D eigenvalue weighted by atomic mass is 16.5. The van der Waals surface area contributed by atoms with Crippen LogP contribution < -0.4 is 5.32 Å². The first-order valence-electron chi connectivity index (χ1n) is 6.96. The minimum absolute atomic E-state index is 0.352. The molecule has 1 aliphatic rings. The predicted octanol–water partition coefficient (Wildman–Crippen LogP) is 2.26. The summed E-state index contributed by atoms with van der Waals surface area (Å²) in [7, 11) is 0. The van der Waals surface area contributed by atoms with E-state index in [1.165, 1.54) is 12.1 Å². The molecule has 4 heteroatoms. The summed E-state index contributed by atoms with van der Waals surface area (Å²) in [6.07, 6.45) is 5.08.